The number of hydrogen-bond donors (Lipinski definition) is 1. The van der Waals surface area contributed by atoms with Crippen molar-refractivity contribution in [2.45, 2.75) is 13.3 Å². The van der Waals surface area contributed by atoms with Crippen LogP contribution in [0.3, 0.4) is 0 Å². The van der Waals surface area contributed by atoms with E-state index >= 15 is 0 Å². The Labute approximate surface area is 183 Å². The number of pyridine rings is 1. The van der Waals surface area contributed by atoms with Crippen LogP contribution in [0.4, 0.5) is 10.5 Å². The fourth-order valence-electron chi connectivity index (χ4n) is 3.92. The van der Waals surface area contributed by atoms with E-state index in [1.54, 1.807) is 4.90 Å². The predicted octanol–water partition coefficient (Wildman–Crippen LogP) is 4.39. The van der Waals surface area contributed by atoms with Crippen molar-refractivity contribution < 1.29 is 9.53 Å². The molecule has 1 amide bonds. The fraction of sp³-hybridized carbons (Fsp3) is 0.391. The number of fused-ring (bicyclic) bond motifs is 2. The Balaban J connectivity index is 0.00000256. The highest BCUT2D eigenvalue weighted by molar-refractivity contribution is 6.07. The van der Waals surface area contributed by atoms with Gasteiger partial charge in [0, 0.05) is 43.5 Å². The maximum absolute atomic E-state index is 11.8. The van der Waals surface area contributed by atoms with E-state index in [-0.39, 0.29) is 18.5 Å². The first-order chi connectivity index (χ1) is 14.3. The lowest BCUT2D eigenvalue weighted by Crippen LogP contribution is -2.49. The van der Waals surface area contributed by atoms with Crippen LogP contribution in [0.2, 0.25) is 0 Å². The summed E-state index contributed by atoms with van der Waals surface area (Å²) in [7, 11) is 0. The van der Waals surface area contributed by atoms with Gasteiger partial charge in [-0.3, -0.25) is 4.90 Å². The van der Waals surface area contributed by atoms with Gasteiger partial charge < -0.3 is 15.0 Å². The molecule has 2 aromatic carbocycles. The zero-order valence-corrected chi connectivity index (χ0v) is 18.2. The van der Waals surface area contributed by atoms with Gasteiger partial charge in [-0.25, -0.2) is 9.78 Å². The summed E-state index contributed by atoms with van der Waals surface area (Å²) < 4.78 is 5.09. The number of para-hydroxylation sites is 2. The van der Waals surface area contributed by atoms with E-state index in [9.17, 15) is 4.79 Å². The van der Waals surface area contributed by atoms with Gasteiger partial charge in [-0.15, -0.1) is 12.4 Å². The Morgan fingerprint density at radius 3 is 2.20 bits per heavy atom. The predicted molar refractivity (Wildman–Crippen MR) is 125 cm³/mol. The van der Waals surface area contributed by atoms with E-state index in [2.05, 4.69) is 46.6 Å². The second-order valence-electron chi connectivity index (χ2n) is 7.33. The summed E-state index contributed by atoms with van der Waals surface area (Å²) in [5.74, 6) is 0. The quantitative estimate of drug-likeness (QED) is 0.466. The molecule has 0 bridgehead atoms. The second kappa shape index (κ2) is 10.5. The summed E-state index contributed by atoms with van der Waals surface area (Å²) in [6.07, 6.45) is 0.856. The van der Waals surface area contributed by atoms with Crippen LogP contribution in [-0.2, 0) is 4.74 Å². The number of ether oxygens (including phenoxy) is 1. The van der Waals surface area contributed by atoms with Crippen molar-refractivity contribution in [1.82, 2.24) is 14.8 Å². The van der Waals surface area contributed by atoms with Gasteiger partial charge in [0.15, 0.2) is 0 Å². The summed E-state index contributed by atoms with van der Waals surface area (Å²) >= 11 is 0. The van der Waals surface area contributed by atoms with Crippen LogP contribution in [-0.4, -0.2) is 66.8 Å². The van der Waals surface area contributed by atoms with Crippen molar-refractivity contribution in [3.05, 3.63) is 48.5 Å². The molecule has 0 aliphatic carbocycles. The van der Waals surface area contributed by atoms with E-state index in [1.807, 2.05) is 19.1 Å². The van der Waals surface area contributed by atoms with Gasteiger partial charge >= 0.3 is 6.09 Å². The molecular weight excluding hydrogens is 400 g/mol. The third-order valence-corrected chi connectivity index (χ3v) is 5.44. The smallest absolute Gasteiger partial charge is 0.409 e. The maximum Gasteiger partial charge on any atom is 0.409 e. The minimum Gasteiger partial charge on any atom is -0.450 e. The molecule has 0 atom stereocenters. The van der Waals surface area contributed by atoms with Gasteiger partial charge in [-0.05, 0) is 32.0 Å². The highest BCUT2D eigenvalue weighted by Gasteiger charge is 2.21. The summed E-state index contributed by atoms with van der Waals surface area (Å²) in [6, 6.07) is 16.6. The van der Waals surface area contributed by atoms with E-state index in [0.29, 0.717) is 6.61 Å². The Bertz CT molecular complexity index is 935. The number of halogens is 1. The number of amides is 1. The third kappa shape index (κ3) is 4.94. The number of benzene rings is 2. The summed E-state index contributed by atoms with van der Waals surface area (Å²) in [5.41, 5.74) is 3.20. The fourth-order valence-corrected chi connectivity index (χ4v) is 3.92. The van der Waals surface area contributed by atoms with E-state index in [0.717, 1.165) is 67.5 Å². The van der Waals surface area contributed by atoms with Gasteiger partial charge in [0.1, 0.15) is 0 Å². The standard InChI is InChI=1S/C23H28N4O2.ClH/c1-2-29-23(28)27-16-14-26(15-17-27)13-7-12-24-22-18-8-3-5-10-20(18)25-21-11-6-4-9-19(21)22;/h3-6,8-11H,2,7,12-17H2,1H3,(H,24,25);1H. The molecule has 3 aromatic rings. The monoisotopic (exact) mass is 428 g/mol. The number of carbonyl (C=O) groups excluding carboxylic acids is 1. The lowest BCUT2D eigenvalue weighted by Gasteiger charge is -2.34. The molecule has 30 heavy (non-hydrogen) atoms. The largest absolute Gasteiger partial charge is 0.450 e. The molecule has 1 aliphatic heterocycles. The Morgan fingerprint density at radius 2 is 1.60 bits per heavy atom. The third-order valence-electron chi connectivity index (χ3n) is 5.44. The molecule has 0 saturated carbocycles. The molecule has 1 N–H and O–H groups in total. The molecule has 1 aromatic heterocycles. The Hall–Kier alpha value is -2.57. The number of nitrogens with zero attached hydrogens (tertiary/aromatic N) is 3. The second-order valence-corrected chi connectivity index (χ2v) is 7.33. The minimum atomic E-state index is -0.190. The van der Waals surface area contributed by atoms with Crippen LogP contribution in [0.25, 0.3) is 21.8 Å². The summed E-state index contributed by atoms with van der Waals surface area (Å²) in [6.45, 7) is 7.48. The van der Waals surface area contributed by atoms with Crippen molar-refractivity contribution in [1.29, 1.82) is 0 Å². The molecular formula is C23H29ClN4O2. The van der Waals surface area contributed by atoms with Crippen LogP contribution < -0.4 is 5.32 Å². The number of anilines is 1. The van der Waals surface area contributed by atoms with Crippen molar-refractivity contribution in [2.24, 2.45) is 0 Å². The number of rotatable bonds is 6. The highest BCUT2D eigenvalue weighted by Crippen LogP contribution is 2.30. The first-order valence-corrected chi connectivity index (χ1v) is 10.4. The van der Waals surface area contributed by atoms with Gasteiger partial charge in [-0.1, -0.05) is 36.4 Å². The molecule has 1 fully saturated rings. The number of piperazine rings is 1. The van der Waals surface area contributed by atoms with Crippen LogP contribution in [0.5, 0.6) is 0 Å². The van der Waals surface area contributed by atoms with E-state index < -0.39 is 0 Å². The number of hydrogen-bond acceptors (Lipinski definition) is 5. The highest BCUT2D eigenvalue weighted by atomic mass is 35.5. The van der Waals surface area contributed by atoms with Crippen LogP contribution >= 0.6 is 12.4 Å². The molecule has 0 unspecified atom stereocenters. The summed E-state index contributed by atoms with van der Waals surface area (Å²) in [5, 5.41) is 5.99. The molecule has 0 radical (unpaired) electrons. The first kappa shape index (κ1) is 22.1. The molecule has 7 heteroatoms. The first-order valence-electron chi connectivity index (χ1n) is 10.4. The molecule has 6 nitrogen and oxygen atoms in total. The van der Waals surface area contributed by atoms with Crippen LogP contribution in [0.1, 0.15) is 13.3 Å². The van der Waals surface area contributed by atoms with Crippen molar-refractivity contribution in [2.75, 3.05) is 51.2 Å². The van der Waals surface area contributed by atoms with Crippen molar-refractivity contribution in [3.8, 4) is 0 Å². The van der Waals surface area contributed by atoms with Crippen LogP contribution in [0, 0.1) is 0 Å². The average Bonchev–Trinajstić information content (AvgIpc) is 2.76. The van der Waals surface area contributed by atoms with Gasteiger partial charge in [-0.2, -0.15) is 0 Å². The number of aromatic nitrogens is 1. The van der Waals surface area contributed by atoms with Gasteiger partial charge in [0.05, 0.1) is 23.3 Å². The number of carbonyl (C=O) groups is 1. The molecule has 0 spiro atoms. The summed E-state index contributed by atoms with van der Waals surface area (Å²) in [4.78, 5) is 20.8. The molecule has 2 heterocycles. The van der Waals surface area contributed by atoms with Crippen LogP contribution in [0.15, 0.2) is 48.5 Å². The van der Waals surface area contributed by atoms with Crippen molar-refractivity contribution in [3.63, 3.8) is 0 Å². The van der Waals surface area contributed by atoms with Crippen molar-refractivity contribution >= 4 is 46.0 Å². The van der Waals surface area contributed by atoms with E-state index in [1.165, 1.54) is 5.69 Å². The molecule has 1 aliphatic rings. The lowest BCUT2D eigenvalue weighted by molar-refractivity contribution is 0.0796. The van der Waals surface area contributed by atoms with Gasteiger partial charge in [0.2, 0.25) is 0 Å². The lowest BCUT2D eigenvalue weighted by atomic mass is 10.1. The van der Waals surface area contributed by atoms with E-state index in [4.69, 9.17) is 9.72 Å². The SMILES string of the molecule is CCOC(=O)N1CCN(CCCNc2c3ccccc3nc3ccccc23)CC1.Cl. The molecule has 4 rings (SSSR count). The Morgan fingerprint density at radius 1 is 1.00 bits per heavy atom. The average molecular weight is 429 g/mol. The minimum absolute atomic E-state index is 0. The topological polar surface area (TPSA) is 57.7 Å². The zero-order valence-electron chi connectivity index (χ0n) is 17.3. The normalized spacial score (nSPS) is 14.5. The molecule has 1 saturated heterocycles. The maximum atomic E-state index is 11.8. The zero-order chi connectivity index (χ0) is 20.1. The van der Waals surface area contributed by atoms with Gasteiger partial charge in [0.25, 0.3) is 0 Å². The molecule has 160 valence electrons. The number of nitrogens with one attached hydrogen (secondary N) is 1. The Kier molecular flexibility index (Phi) is 7.71.